The van der Waals surface area contributed by atoms with Crippen LogP contribution in [-0.4, -0.2) is 27.8 Å². The second-order valence-corrected chi connectivity index (χ2v) is 5.79. The standard InChI is InChI=1S/C16H19N5/c1-4-8-14-12(5-1)9-10-21(14)15-11-17-20-16(19-15)18-13-6-2-3-7-13/h1,4-5,8,11,13H,2-3,6-7,9-10H2,(H,18,19,20). The van der Waals surface area contributed by atoms with Gasteiger partial charge >= 0.3 is 0 Å². The highest BCUT2D eigenvalue weighted by Gasteiger charge is 2.22. The van der Waals surface area contributed by atoms with E-state index < -0.39 is 0 Å². The second kappa shape index (κ2) is 5.31. The average molecular weight is 281 g/mol. The molecule has 0 bridgehead atoms. The minimum atomic E-state index is 0.507. The fraction of sp³-hybridized carbons (Fsp3) is 0.438. The van der Waals surface area contributed by atoms with Crippen LogP contribution in [0.5, 0.6) is 0 Å². The predicted octanol–water partition coefficient (Wildman–Crippen LogP) is 2.92. The van der Waals surface area contributed by atoms with E-state index in [1.807, 2.05) is 0 Å². The fourth-order valence-electron chi connectivity index (χ4n) is 3.32. The number of hydrogen-bond acceptors (Lipinski definition) is 5. The largest absolute Gasteiger partial charge is 0.350 e. The Labute approximate surface area is 124 Å². The van der Waals surface area contributed by atoms with Gasteiger partial charge < -0.3 is 10.2 Å². The molecule has 1 aromatic carbocycles. The first-order chi connectivity index (χ1) is 10.4. The smallest absolute Gasteiger partial charge is 0.244 e. The van der Waals surface area contributed by atoms with E-state index in [0.717, 1.165) is 18.8 Å². The molecule has 0 atom stereocenters. The van der Waals surface area contributed by atoms with Gasteiger partial charge in [0.25, 0.3) is 0 Å². The van der Waals surface area contributed by atoms with Crippen LogP contribution < -0.4 is 10.2 Å². The van der Waals surface area contributed by atoms with E-state index in [-0.39, 0.29) is 0 Å². The SMILES string of the molecule is c1ccc2c(c1)CCN2c1cnnc(NC2CCCC2)n1. The van der Waals surface area contributed by atoms with E-state index in [9.17, 15) is 0 Å². The number of aromatic nitrogens is 3. The van der Waals surface area contributed by atoms with Crippen molar-refractivity contribution >= 4 is 17.5 Å². The third-order valence-corrected chi connectivity index (χ3v) is 4.40. The molecule has 5 heteroatoms. The zero-order chi connectivity index (χ0) is 14.1. The fourth-order valence-corrected chi connectivity index (χ4v) is 3.32. The van der Waals surface area contributed by atoms with Gasteiger partial charge in [0.2, 0.25) is 5.95 Å². The van der Waals surface area contributed by atoms with E-state index in [1.165, 1.54) is 36.9 Å². The number of para-hydroxylation sites is 1. The molecule has 108 valence electrons. The van der Waals surface area contributed by atoms with Gasteiger partial charge in [-0.1, -0.05) is 31.0 Å². The summed E-state index contributed by atoms with van der Waals surface area (Å²) in [7, 11) is 0. The monoisotopic (exact) mass is 281 g/mol. The summed E-state index contributed by atoms with van der Waals surface area (Å²) in [6.07, 6.45) is 7.82. The Kier molecular flexibility index (Phi) is 3.18. The summed E-state index contributed by atoms with van der Waals surface area (Å²) >= 11 is 0. The highest BCUT2D eigenvalue weighted by Crippen LogP contribution is 2.33. The average Bonchev–Trinajstić information content (AvgIpc) is 3.16. The van der Waals surface area contributed by atoms with Crippen molar-refractivity contribution in [3.05, 3.63) is 36.0 Å². The molecule has 2 aliphatic rings. The third kappa shape index (κ3) is 2.44. The lowest BCUT2D eigenvalue weighted by atomic mass is 10.2. The van der Waals surface area contributed by atoms with Gasteiger partial charge in [0, 0.05) is 18.3 Å². The molecular formula is C16H19N5. The summed E-state index contributed by atoms with van der Waals surface area (Å²) in [6, 6.07) is 9.00. The zero-order valence-electron chi connectivity index (χ0n) is 12.0. The Morgan fingerprint density at radius 1 is 1.14 bits per heavy atom. The number of benzene rings is 1. The van der Waals surface area contributed by atoms with E-state index >= 15 is 0 Å². The zero-order valence-corrected chi connectivity index (χ0v) is 12.0. The normalized spacial score (nSPS) is 18.0. The Bertz CT molecular complexity index is 636. The molecule has 1 saturated carbocycles. The van der Waals surface area contributed by atoms with Gasteiger partial charge in [0.15, 0.2) is 5.82 Å². The van der Waals surface area contributed by atoms with E-state index in [4.69, 9.17) is 0 Å². The van der Waals surface area contributed by atoms with Crippen LogP contribution in [0.1, 0.15) is 31.2 Å². The van der Waals surface area contributed by atoms with Crippen molar-refractivity contribution in [3.63, 3.8) is 0 Å². The molecule has 1 aliphatic heterocycles. The highest BCUT2D eigenvalue weighted by atomic mass is 15.3. The molecule has 5 nitrogen and oxygen atoms in total. The van der Waals surface area contributed by atoms with Crippen molar-refractivity contribution in [2.45, 2.75) is 38.1 Å². The van der Waals surface area contributed by atoms with Crippen LogP contribution in [0.2, 0.25) is 0 Å². The molecule has 0 radical (unpaired) electrons. The Morgan fingerprint density at radius 2 is 2.00 bits per heavy atom. The first-order valence-corrected chi connectivity index (χ1v) is 7.72. The highest BCUT2D eigenvalue weighted by molar-refractivity contribution is 5.67. The Hall–Kier alpha value is -2.17. The summed E-state index contributed by atoms with van der Waals surface area (Å²) in [5.41, 5.74) is 2.62. The van der Waals surface area contributed by atoms with Crippen LogP contribution in [0.25, 0.3) is 0 Å². The number of rotatable bonds is 3. The minimum absolute atomic E-state index is 0.507. The molecule has 0 amide bonds. The number of hydrogen-bond donors (Lipinski definition) is 1. The number of anilines is 3. The topological polar surface area (TPSA) is 53.9 Å². The molecule has 1 N–H and O–H groups in total. The maximum Gasteiger partial charge on any atom is 0.244 e. The summed E-state index contributed by atoms with van der Waals surface area (Å²) in [5.74, 6) is 1.54. The van der Waals surface area contributed by atoms with Gasteiger partial charge in [-0.05, 0) is 30.9 Å². The number of nitrogens with zero attached hydrogens (tertiary/aromatic N) is 4. The molecular weight excluding hydrogens is 262 g/mol. The van der Waals surface area contributed by atoms with Gasteiger partial charge in [0.05, 0.1) is 6.20 Å². The van der Waals surface area contributed by atoms with E-state index in [0.29, 0.717) is 12.0 Å². The van der Waals surface area contributed by atoms with Crippen molar-refractivity contribution in [1.82, 2.24) is 15.2 Å². The predicted molar refractivity (Wildman–Crippen MR) is 82.9 cm³/mol. The van der Waals surface area contributed by atoms with Crippen LogP contribution >= 0.6 is 0 Å². The molecule has 0 spiro atoms. The first-order valence-electron chi connectivity index (χ1n) is 7.72. The second-order valence-electron chi connectivity index (χ2n) is 5.79. The van der Waals surface area contributed by atoms with Crippen LogP contribution in [0.3, 0.4) is 0 Å². The molecule has 1 aliphatic carbocycles. The molecule has 2 heterocycles. The number of nitrogens with one attached hydrogen (secondary N) is 1. The van der Waals surface area contributed by atoms with Gasteiger partial charge in [-0.2, -0.15) is 10.1 Å². The first kappa shape index (κ1) is 12.6. The maximum atomic E-state index is 4.66. The molecule has 0 saturated heterocycles. The molecule has 2 aromatic rings. The van der Waals surface area contributed by atoms with Crippen molar-refractivity contribution in [2.75, 3.05) is 16.8 Å². The summed E-state index contributed by atoms with van der Waals surface area (Å²) in [5, 5.41) is 11.7. The lowest BCUT2D eigenvalue weighted by Crippen LogP contribution is -2.20. The minimum Gasteiger partial charge on any atom is -0.350 e. The van der Waals surface area contributed by atoms with Crippen LogP contribution in [0.15, 0.2) is 30.5 Å². The summed E-state index contributed by atoms with van der Waals surface area (Å²) in [6.45, 7) is 0.959. The lowest BCUT2D eigenvalue weighted by Gasteiger charge is -2.19. The van der Waals surface area contributed by atoms with Crippen molar-refractivity contribution < 1.29 is 0 Å². The third-order valence-electron chi connectivity index (χ3n) is 4.40. The number of fused-ring (bicyclic) bond motifs is 1. The van der Waals surface area contributed by atoms with Crippen molar-refractivity contribution in [3.8, 4) is 0 Å². The van der Waals surface area contributed by atoms with Gasteiger partial charge in [-0.15, -0.1) is 5.10 Å². The van der Waals surface area contributed by atoms with Crippen molar-refractivity contribution in [1.29, 1.82) is 0 Å². The van der Waals surface area contributed by atoms with Crippen molar-refractivity contribution in [2.24, 2.45) is 0 Å². The molecule has 21 heavy (non-hydrogen) atoms. The molecule has 0 unspecified atom stereocenters. The van der Waals surface area contributed by atoms with Crippen LogP contribution in [0.4, 0.5) is 17.5 Å². The van der Waals surface area contributed by atoms with Gasteiger partial charge in [0.1, 0.15) is 0 Å². The summed E-state index contributed by atoms with van der Waals surface area (Å²) in [4.78, 5) is 6.88. The lowest BCUT2D eigenvalue weighted by molar-refractivity contribution is 0.736. The maximum absolute atomic E-state index is 4.66. The Balaban J connectivity index is 1.58. The molecule has 1 aromatic heterocycles. The van der Waals surface area contributed by atoms with Crippen LogP contribution in [0, 0.1) is 0 Å². The van der Waals surface area contributed by atoms with E-state index in [1.54, 1.807) is 6.20 Å². The Morgan fingerprint density at radius 3 is 2.90 bits per heavy atom. The molecule has 1 fully saturated rings. The van der Waals surface area contributed by atoms with Gasteiger partial charge in [-0.25, -0.2) is 0 Å². The van der Waals surface area contributed by atoms with E-state index in [2.05, 4.69) is 49.7 Å². The quantitative estimate of drug-likeness (QED) is 0.937. The molecule has 4 rings (SSSR count). The summed E-state index contributed by atoms with van der Waals surface area (Å²) < 4.78 is 0. The van der Waals surface area contributed by atoms with Crippen LogP contribution in [-0.2, 0) is 6.42 Å². The van der Waals surface area contributed by atoms with Gasteiger partial charge in [-0.3, -0.25) is 0 Å².